The third-order valence-corrected chi connectivity index (χ3v) is 4.17. The van der Waals surface area contributed by atoms with E-state index in [1.54, 1.807) is 7.11 Å². The molecule has 2 rings (SSSR count). The van der Waals surface area contributed by atoms with E-state index in [0.29, 0.717) is 13.0 Å². The van der Waals surface area contributed by atoms with Crippen molar-refractivity contribution in [3.63, 3.8) is 0 Å². The van der Waals surface area contributed by atoms with E-state index in [2.05, 4.69) is 33.2 Å². The van der Waals surface area contributed by atoms with Gasteiger partial charge in [-0.05, 0) is 71.0 Å². The van der Waals surface area contributed by atoms with Crippen LogP contribution in [-0.4, -0.2) is 19.6 Å². The molecule has 0 heterocycles. The molecule has 0 aliphatic carbocycles. The van der Waals surface area contributed by atoms with E-state index in [1.165, 1.54) is 6.20 Å². The Bertz CT molecular complexity index is 778. The van der Waals surface area contributed by atoms with Crippen molar-refractivity contribution in [1.29, 1.82) is 5.26 Å². The predicted octanol–water partition coefficient (Wildman–Crippen LogP) is 3.48. The lowest BCUT2D eigenvalue weighted by atomic mass is 10.1. The number of nitriles is 1. The van der Waals surface area contributed by atoms with Crippen molar-refractivity contribution < 1.29 is 9.53 Å². The first-order valence-corrected chi connectivity index (χ1v) is 8.74. The smallest absolute Gasteiger partial charge is 0.263 e. The van der Waals surface area contributed by atoms with Gasteiger partial charge < -0.3 is 15.4 Å². The van der Waals surface area contributed by atoms with E-state index < -0.39 is 5.91 Å². The molecule has 0 radical (unpaired) electrons. The molecule has 0 atom stereocenters. The molecule has 5 nitrogen and oxygen atoms in total. The minimum Gasteiger partial charge on any atom is -0.497 e. The topological polar surface area (TPSA) is 74.1 Å². The molecule has 0 bridgehead atoms. The van der Waals surface area contributed by atoms with Crippen LogP contribution >= 0.6 is 22.6 Å². The van der Waals surface area contributed by atoms with Crippen LogP contribution in [0.3, 0.4) is 0 Å². The second-order valence-corrected chi connectivity index (χ2v) is 6.42. The molecule has 0 aromatic heterocycles. The zero-order valence-corrected chi connectivity index (χ0v) is 15.9. The monoisotopic (exact) mass is 447 g/mol. The van der Waals surface area contributed by atoms with Gasteiger partial charge in [-0.25, -0.2) is 0 Å². The van der Waals surface area contributed by atoms with Crippen molar-refractivity contribution >= 4 is 34.2 Å². The number of nitrogens with zero attached hydrogens (tertiary/aromatic N) is 1. The van der Waals surface area contributed by atoms with Crippen LogP contribution in [0.15, 0.2) is 60.3 Å². The van der Waals surface area contributed by atoms with E-state index in [-0.39, 0.29) is 5.57 Å². The first kappa shape index (κ1) is 18.8. The number of anilines is 1. The van der Waals surface area contributed by atoms with Gasteiger partial charge in [0.2, 0.25) is 0 Å². The lowest BCUT2D eigenvalue weighted by molar-refractivity contribution is -0.117. The van der Waals surface area contributed by atoms with Crippen molar-refractivity contribution in [2.75, 3.05) is 19.0 Å². The van der Waals surface area contributed by atoms with Crippen molar-refractivity contribution in [3.8, 4) is 11.8 Å². The fraction of sp³-hybridized carbons (Fsp3) is 0.158. The van der Waals surface area contributed by atoms with E-state index in [9.17, 15) is 4.79 Å². The lowest BCUT2D eigenvalue weighted by Crippen LogP contribution is -2.27. The van der Waals surface area contributed by atoms with Gasteiger partial charge in [-0.15, -0.1) is 0 Å². The Morgan fingerprint density at radius 2 is 1.88 bits per heavy atom. The van der Waals surface area contributed by atoms with Crippen molar-refractivity contribution in [2.24, 2.45) is 0 Å². The number of carbonyl (C=O) groups excluding carboxylic acids is 1. The molecule has 25 heavy (non-hydrogen) atoms. The van der Waals surface area contributed by atoms with Crippen molar-refractivity contribution in [1.82, 2.24) is 5.32 Å². The summed E-state index contributed by atoms with van der Waals surface area (Å²) >= 11 is 2.21. The summed E-state index contributed by atoms with van der Waals surface area (Å²) in [7, 11) is 1.62. The number of rotatable bonds is 7. The number of ether oxygens (including phenoxy) is 1. The van der Waals surface area contributed by atoms with Crippen LogP contribution in [0.2, 0.25) is 0 Å². The molecular weight excluding hydrogens is 429 g/mol. The molecule has 0 saturated carbocycles. The first-order chi connectivity index (χ1) is 12.1. The van der Waals surface area contributed by atoms with Crippen molar-refractivity contribution in [3.05, 3.63) is 69.4 Å². The molecule has 2 aromatic rings. The number of methoxy groups -OCH3 is 1. The Balaban J connectivity index is 1.85. The highest BCUT2D eigenvalue weighted by atomic mass is 127. The van der Waals surface area contributed by atoms with Gasteiger partial charge >= 0.3 is 0 Å². The van der Waals surface area contributed by atoms with Crippen LogP contribution in [0.4, 0.5) is 5.69 Å². The highest BCUT2D eigenvalue weighted by Gasteiger charge is 2.08. The second-order valence-electron chi connectivity index (χ2n) is 5.18. The van der Waals surface area contributed by atoms with Gasteiger partial charge in [0.15, 0.2) is 0 Å². The summed E-state index contributed by atoms with van der Waals surface area (Å²) in [6.07, 6.45) is 2.10. The minimum atomic E-state index is -0.394. The number of hydrogen-bond donors (Lipinski definition) is 2. The number of carbonyl (C=O) groups is 1. The lowest BCUT2D eigenvalue weighted by Gasteiger charge is -2.06. The molecule has 2 N–H and O–H groups in total. The van der Waals surface area contributed by atoms with Crippen LogP contribution in [0.5, 0.6) is 5.75 Å². The molecule has 128 valence electrons. The van der Waals surface area contributed by atoms with Gasteiger partial charge in [0, 0.05) is 22.0 Å². The Labute approximate surface area is 160 Å². The third kappa shape index (κ3) is 6.12. The van der Waals surface area contributed by atoms with E-state index >= 15 is 0 Å². The van der Waals surface area contributed by atoms with Gasteiger partial charge in [0.1, 0.15) is 17.4 Å². The van der Waals surface area contributed by atoms with Crippen LogP contribution in [0.25, 0.3) is 0 Å². The van der Waals surface area contributed by atoms with Crippen LogP contribution in [-0.2, 0) is 11.2 Å². The summed E-state index contributed by atoms with van der Waals surface area (Å²) in [5.74, 6) is 0.401. The number of halogens is 1. The standard InChI is InChI=1S/C19H18IN3O2/c1-25-18-8-2-14(3-9-18)10-11-22-19(24)15(12-21)13-23-17-6-4-16(20)5-7-17/h2-9,13,23H,10-11H2,1H3,(H,22,24)/b15-13-. The predicted molar refractivity (Wildman–Crippen MR) is 106 cm³/mol. The Hall–Kier alpha value is -2.53. The van der Waals surface area contributed by atoms with Crippen molar-refractivity contribution in [2.45, 2.75) is 6.42 Å². The molecule has 0 aliphatic heterocycles. The Morgan fingerprint density at radius 3 is 2.48 bits per heavy atom. The maximum absolute atomic E-state index is 12.1. The molecular formula is C19H18IN3O2. The largest absolute Gasteiger partial charge is 0.497 e. The SMILES string of the molecule is COc1ccc(CCNC(=O)/C(C#N)=C\Nc2ccc(I)cc2)cc1. The third-order valence-electron chi connectivity index (χ3n) is 3.45. The van der Waals surface area contributed by atoms with E-state index in [0.717, 1.165) is 20.6 Å². The van der Waals surface area contributed by atoms with Crippen LogP contribution in [0.1, 0.15) is 5.56 Å². The van der Waals surface area contributed by atoms with Gasteiger partial charge in [-0.1, -0.05) is 12.1 Å². The normalized spacial score (nSPS) is 10.7. The molecule has 0 aliphatic rings. The molecule has 0 spiro atoms. The Morgan fingerprint density at radius 1 is 1.20 bits per heavy atom. The summed E-state index contributed by atoms with van der Waals surface area (Å²) in [4.78, 5) is 12.1. The summed E-state index contributed by atoms with van der Waals surface area (Å²) < 4.78 is 6.22. The summed E-state index contributed by atoms with van der Waals surface area (Å²) in [5, 5.41) is 14.9. The Kier molecular flexibility index (Phi) is 7.29. The van der Waals surface area contributed by atoms with Crippen LogP contribution in [0, 0.1) is 14.9 Å². The number of hydrogen-bond acceptors (Lipinski definition) is 4. The molecule has 1 amide bonds. The number of benzene rings is 2. The second kappa shape index (κ2) is 9.69. The highest BCUT2D eigenvalue weighted by molar-refractivity contribution is 14.1. The van der Waals surface area contributed by atoms with Crippen LogP contribution < -0.4 is 15.4 Å². The van der Waals surface area contributed by atoms with E-state index in [4.69, 9.17) is 10.00 Å². The van der Waals surface area contributed by atoms with Gasteiger partial charge in [0.25, 0.3) is 5.91 Å². The number of amides is 1. The highest BCUT2D eigenvalue weighted by Crippen LogP contribution is 2.12. The number of nitrogens with one attached hydrogen (secondary N) is 2. The molecule has 0 saturated heterocycles. The zero-order valence-electron chi connectivity index (χ0n) is 13.8. The molecule has 2 aromatic carbocycles. The van der Waals surface area contributed by atoms with E-state index in [1.807, 2.05) is 54.6 Å². The fourth-order valence-electron chi connectivity index (χ4n) is 2.06. The molecule has 0 unspecified atom stereocenters. The van der Waals surface area contributed by atoms with Gasteiger partial charge in [-0.2, -0.15) is 5.26 Å². The summed E-state index contributed by atoms with van der Waals surface area (Å²) in [6, 6.07) is 17.2. The minimum absolute atomic E-state index is 0.0354. The zero-order chi connectivity index (χ0) is 18.1. The fourth-order valence-corrected chi connectivity index (χ4v) is 2.42. The molecule has 6 heteroatoms. The molecule has 0 fully saturated rings. The maximum Gasteiger partial charge on any atom is 0.263 e. The van der Waals surface area contributed by atoms with Gasteiger partial charge in [0.05, 0.1) is 7.11 Å². The average Bonchev–Trinajstić information content (AvgIpc) is 2.64. The quantitative estimate of drug-likeness (QED) is 0.387. The summed E-state index contributed by atoms with van der Waals surface area (Å²) in [5.41, 5.74) is 1.94. The first-order valence-electron chi connectivity index (χ1n) is 7.66. The average molecular weight is 447 g/mol. The maximum atomic E-state index is 12.1. The summed E-state index contributed by atoms with van der Waals surface area (Å²) in [6.45, 7) is 0.452. The van der Waals surface area contributed by atoms with Gasteiger partial charge in [-0.3, -0.25) is 4.79 Å².